The lowest BCUT2D eigenvalue weighted by Gasteiger charge is -2.09. The lowest BCUT2D eigenvalue weighted by molar-refractivity contribution is 0.102. The van der Waals surface area contributed by atoms with Crippen molar-refractivity contribution in [2.24, 2.45) is 0 Å². The maximum Gasteiger partial charge on any atom is 0.259 e. The Morgan fingerprint density at radius 3 is 2.65 bits per heavy atom. The molecule has 3 aromatic carbocycles. The number of methoxy groups -OCH3 is 1. The molecule has 1 heterocycles. The number of hydrogen-bond acceptors (Lipinski definition) is 3. The van der Waals surface area contributed by atoms with Gasteiger partial charge < -0.3 is 10.1 Å². The maximum absolute atomic E-state index is 13.7. The first kappa shape index (κ1) is 20.3. The van der Waals surface area contributed by atoms with Gasteiger partial charge in [-0.15, -0.1) is 0 Å². The smallest absolute Gasteiger partial charge is 0.259 e. The van der Waals surface area contributed by atoms with Crippen molar-refractivity contribution in [3.8, 4) is 17.0 Å². The number of anilines is 1. The minimum Gasteiger partial charge on any atom is -0.497 e. The summed E-state index contributed by atoms with van der Waals surface area (Å²) >= 11 is 0. The fourth-order valence-corrected chi connectivity index (χ4v) is 3.34. The van der Waals surface area contributed by atoms with Crippen molar-refractivity contribution in [2.45, 2.75) is 13.5 Å². The number of carbonyl (C=O) groups is 1. The van der Waals surface area contributed by atoms with Gasteiger partial charge in [0.2, 0.25) is 0 Å². The largest absolute Gasteiger partial charge is 0.497 e. The number of rotatable bonds is 6. The Morgan fingerprint density at radius 2 is 1.87 bits per heavy atom. The number of amides is 1. The SMILES string of the molecule is COc1cccc(-c2nn(Cc3ccccc3)cc2C(=O)Nc2cc(F)ccc2C)c1. The Labute approximate surface area is 180 Å². The van der Waals surface area contributed by atoms with Crippen LogP contribution in [0, 0.1) is 12.7 Å². The molecule has 0 saturated heterocycles. The minimum atomic E-state index is -0.409. The van der Waals surface area contributed by atoms with E-state index in [1.807, 2.05) is 61.5 Å². The highest BCUT2D eigenvalue weighted by atomic mass is 19.1. The van der Waals surface area contributed by atoms with Crippen LogP contribution in [0.4, 0.5) is 10.1 Å². The van der Waals surface area contributed by atoms with E-state index in [1.165, 1.54) is 12.1 Å². The molecule has 156 valence electrons. The molecule has 0 aliphatic carbocycles. The van der Waals surface area contributed by atoms with Crippen LogP contribution in [0.15, 0.2) is 79.0 Å². The quantitative estimate of drug-likeness (QED) is 0.465. The number of nitrogens with zero attached hydrogens (tertiary/aromatic N) is 2. The number of aryl methyl sites for hydroxylation is 1. The number of aromatic nitrogens is 2. The van der Waals surface area contributed by atoms with E-state index < -0.39 is 5.82 Å². The summed E-state index contributed by atoms with van der Waals surface area (Å²) < 4.78 is 20.8. The first-order chi connectivity index (χ1) is 15.0. The van der Waals surface area contributed by atoms with Crippen molar-refractivity contribution in [2.75, 3.05) is 12.4 Å². The van der Waals surface area contributed by atoms with Gasteiger partial charge >= 0.3 is 0 Å². The predicted molar refractivity (Wildman–Crippen MR) is 119 cm³/mol. The number of hydrogen-bond donors (Lipinski definition) is 1. The third kappa shape index (κ3) is 4.64. The summed E-state index contributed by atoms with van der Waals surface area (Å²) in [5, 5.41) is 7.50. The molecular formula is C25H22FN3O2. The number of carbonyl (C=O) groups excluding carboxylic acids is 1. The molecule has 4 aromatic rings. The fourth-order valence-electron chi connectivity index (χ4n) is 3.34. The molecule has 0 radical (unpaired) electrons. The van der Waals surface area contributed by atoms with E-state index in [9.17, 15) is 9.18 Å². The minimum absolute atomic E-state index is 0.356. The molecule has 0 bridgehead atoms. The van der Waals surface area contributed by atoms with Crippen molar-refractivity contribution in [1.82, 2.24) is 9.78 Å². The Balaban J connectivity index is 1.73. The predicted octanol–water partition coefficient (Wildman–Crippen LogP) is 5.31. The number of halogens is 1. The van der Waals surface area contributed by atoms with Crippen LogP contribution in [0.1, 0.15) is 21.5 Å². The van der Waals surface area contributed by atoms with Gasteiger partial charge in [-0.25, -0.2) is 4.39 Å². The Morgan fingerprint density at radius 1 is 1.06 bits per heavy atom. The number of benzene rings is 3. The van der Waals surface area contributed by atoms with Gasteiger partial charge in [0.05, 0.1) is 19.2 Å². The molecule has 1 aromatic heterocycles. The second-order valence-electron chi connectivity index (χ2n) is 7.22. The molecule has 0 fully saturated rings. The second-order valence-corrected chi connectivity index (χ2v) is 7.22. The third-order valence-corrected chi connectivity index (χ3v) is 4.98. The van der Waals surface area contributed by atoms with Crippen LogP contribution in [-0.2, 0) is 6.54 Å². The van der Waals surface area contributed by atoms with Gasteiger partial charge in [0, 0.05) is 17.4 Å². The molecule has 1 amide bonds. The summed E-state index contributed by atoms with van der Waals surface area (Å²) in [5.74, 6) is -0.0954. The van der Waals surface area contributed by atoms with E-state index in [2.05, 4.69) is 10.4 Å². The normalized spacial score (nSPS) is 10.7. The van der Waals surface area contributed by atoms with Gasteiger partial charge in [-0.1, -0.05) is 48.5 Å². The topological polar surface area (TPSA) is 56.2 Å². The summed E-state index contributed by atoms with van der Waals surface area (Å²) in [7, 11) is 1.59. The van der Waals surface area contributed by atoms with Gasteiger partial charge in [-0.3, -0.25) is 9.48 Å². The van der Waals surface area contributed by atoms with Crippen LogP contribution in [0.3, 0.4) is 0 Å². The summed E-state index contributed by atoms with van der Waals surface area (Å²) in [6.07, 6.45) is 1.71. The van der Waals surface area contributed by atoms with Crippen LogP contribution >= 0.6 is 0 Å². The van der Waals surface area contributed by atoms with Crippen molar-refractivity contribution in [3.63, 3.8) is 0 Å². The molecule has 0 spiro atoms. The lowest BCUT2D eigenvalue weighted by atomic mass is 10.1. The van der Waals surface area contributed by atoms with Crippen molar-refractivity contribution >= 4 is 11.6 Å². The monoisotopic (exact) mass is 415 g/mol. The number of nitrogens with one attached hydrogen (secondary N) is 1. The summed E-state index contributed by atoms with van der Waals surface area (Å²) in [4.78, 5) is 13.2. The molecule has 6 heteroatoms. The van der Waals surface area contributed by atoms with Crippen molar-refractivity contribution < 1.29 is 13.9 Å². The molecule has 0 aliphatic rings. The summed E-state index contributed by atoms with van der Waals surface area (Å²) in [6, 6.07) is 21.6. The first-order valence-corrected chi connectivity index (χ1v) is 9.87. The first-order valence-electron chi connectivity index (χ1n) is 9.87. The van der Waals surface area contributed by atoms with E-state index in [0.717, 1.165) is 16.7 Å². The van der Waals surface area contributed by atoms with Crippen LogP contribution in [0.25, 0.3) is 11.3 Å². The van der Waals surface area contributed by atoms with E-state index in [-0.39, 0.29) is 5.91 Å². The molecular weight excluding hydrogens is 393 g/mol. The Kier molecular flexibility index (Phi) is 5.80. The molecule has 4 rings (SSSR count). The number of ether oxygens (including phenoxy) is 1. The molecule has 5 nitrogen and oxygen atoms in total. The standard InChI is InChI=1S/C25H22FN3O2/c1-17-11-12-20(26)14-23(17)27-25(30)22-16-29(15-18-7-4-3-5-8-18)28-24(22)19-9-6-10-21(13-19)31-2/h3-14,16H,15H2,1-2H3,(H,27,30). The zero-order valence-corrected chi connectivity index (χ0v) is 17.3. The highest BCUT2D eigenvalue weighted by Crippen LogP contribution is 2.27. The van der Waals surface area contributed by atoms with Crippen molar-refractivity contribution in [3.05, 3.63) is 102 Å². The van der Waals surface area contributed by atoms with Crippen LogP contribution in [0.2, 0.25) is 0 Å². The third-order valence-electron chi connectivity index (χ3n) is 4.98. The van der Waals surface area contributed by atoms with E-state index in [4.69, 9.17) is 4.74 Å². The molecule has 0 saturated carbocycles. The zero-order valence-electron chi connectivity index (χ0n) is 17.3. The molecule has 1 N–H and O–H groups in total. The van der Waals surface area contributed by atoms with Gasteiger partial charge in [0.15, 0.2) is 0 Å². The highest BCUT2D eigenvalue weighted by Gasteiger charge is 2.19. The second kappa shape index (κ2) is 8.83. The molecule has 0 atom stereocenters. The Bertz CT molecular complexity index is 1220. The summed E-state index contributed by atoms with van der Waals surface area (Å²) in [6.45, 7) is 2.33. The highest BCUT2D eigenvalue weighted by molar-refractivity contribution is 6.08. The lowest BCUT2D eigenvalue weighted by Crippen LogP contribution is -2.13. The van der Waals surface area contributed by atoms with Crippen LogP contribution in [0.5, 0.6) is 5.75 Å². The zero-order chi connectivity index (χ0) is 21.8. The van der Waals surface area contributed by atoms with E-state index in [1.54, 1.807) is 24.1 Å². The van der Waals surface area contributed by atoms with Gasteiger partial charge in [0.25, 0.3) is 5.91 Å². The average molecular weight is 415 g/mol. The van der Waals surface area contributed by atoms with Gasteiger partial charge in [0.1, 0.15) is 17.3 Å². The van der Waals surface area contributed by atoms with E-state index >= 15 is 0 Å². The molecule has 0 unspecified atom stereocenters. The van der Waals surface area contributed by atoms with Crippen molar-refractivity contribution in [1.29, 1.82) is 0 Å². The Hall–Kier alpha value is -3.93. The fraction of sp³-hybridized carbons (Fsp3) is 0.120. The molecule has 0 aliphatic heterocycles. The van der Waals surface area contributed by atoms with Gasteiger partial charge in [-0.2, -0.15) is 5.10 Å². The van der Waals surface area contributed by atoms with E-state index in [0.29, 0.717) is 29.2 Å². The maximum atomic E-state index is 13.7. The summed E-state index contributed by atoms with van der Waals surface area (Å²) in [5.41, 5.74) is 3.95. The van der Waals surface area contributed by atoms with Crippen LogP contribution in [-0.4, -0.2) is 22.8 Å². The molecule has 31 heavy (non-hydrogen) atoms. The van der Waals surface area contributed by atoms with Gasteiger partial charge in [-0.05, 0) is 42.3 Å². The van der Waals surface area contributed by atoms with Crippen LogP contribution < -0.4 is 10.1 Å². The average Bonchev–Trinajstić information content (AvgIpc) is 3.21.